The minimum atomic E-state index is -3.61. The van der Waals surface area contributed by atoms with Crippen LogP contribution in [0.5, 0.6) is 0 Å². The molecule has 0 spiro atoms. The Labute approximate surface area is 210 Å². The lowest BCUT2D eigenvalue weighted by atomic mass is 10.1. The molecule has 11 nitrogen and oxygen atoms in total. The number of hydrogen-bond acceptors (Lipinski definition) is 10. The number of allylic oxidation sites excluding steroid dienone is 1. The molecule has 2 atom stereocenters. The minimum absolute atomic E-state index is 0.000309. The summed E-state index contributed by atoms with van der Waals surface area (Å²) in [5.74, 6) is 0.962. The minimum Gasteiger partial charge on any atom is -0.384 e. The maximum absolute atomic E-state index is 13.5. The highest BCUT2D eigenvalue weighted by atomic mass is 32.3. The first kappa shape index (κ1) is 25.7. The Morgan fingerprint density at radius 1 is 1.31 bits per heavy atom. The largest absolute Gasteiger partial charge is 0.384 e. The molecule has 3 aliphatic heterocycles. The molecule has 0 aromatic carbocycles. The van der Waals surface area contributed by atoms with Crippen LogP contribution in [0.15, 0.2) is 45.6 Å². The molecule has 3 heterocycles. The number of rotatable bonds is 8. The van der Waals surface area contributed by atoms with E-state index in [0.29, 0.717) is 43.9 Å². The molecule has 1 saturated heterocycles. The van der Waals surface area contributed by atoms with E-state index in [0.717, 1.165) is 12.0 Å². The average molecular weight is 523 g/mol. The maximum atomic E-state index is 13.5. The zero-order chi connectivity index (χ0) is 25.1. The SMILES string of the molecule is CC/C=C(\C=C/CNC(=O)NC1CNNC1)[C@@H]1N=C(N)C=C(C2(S(=O)(=O)C3=NC(C)CS3)CC2)N1. The molecule has 1 aliphatic carbocycles. The zero-order valence-corrected chi connectivity index (χ0v) is 21.6. The number of hydrogen-bond donors (Lipinski definition) is 6. The highest BCUT2D eigenvalue weighted by Crippen LogP contribution is 2.51. The second kappa shape index (κ2) is 10.7. The van der Waals surface area contributed by atoms with Crippen LogP contribution in [-0.4, -0.2) is 73.0 Å². The van der Waals surface area contributed by atoms with Crippen molar-refractivity contribution in [1.29, 1.82) is 0 Å². The van der Waals surface area contributed by atoms with Crippen molar-refractivity contribution in [3.8, 4) is 0 Å². The molecule has 1 unspecified atom stereocenters. The summed E-state index contributed by atoms with van der Waals surface area (Å²) in [6.45, 7) is 5.63. The predicted octanol–water partition coefficient (Wildman–Crippen LogP) is 0.264. The lowest BCUT2D eigenvalue weighted by Crippen LogP contribution is -2.44. The quantitative estimate of drug-likeness (QED) is 0.247. The van der Waals surface area contributed by atoms with E-state index in [1.54, 1.807) is 6.08 Å². The number of carbonyl (C=O) groups excluding carboxylic acids is 1. The topological polar surface area (TPSA) is 162 Å². The molecule has 192 valence electrons. The molecule has 7 N–H and O–H groups in total. The van der Waals surface area contributed by atoms with Gasteiger partial charge in [-0.2, -0.15) is 0 Å². The molecule has 0 bridgehead atoms. The molecule has 4 rings (SSSR count). The molecular weight excluding hydrogens is 488 g/mol. The van der Waals surface area contributed by atoms with Gasteiger partial charge in [0.05, 0.1) is 12.1 Å². The molecule has 1 saturated carbocycles. The summed E-state index contributed by atoms with van der Waals surface area (Å²) in [7, 11) is -3.61. The average Bonchev–Trinajstić information content (AvgIpc) is 3.28. The highest BCUT2D eigenvalue weighted by molar-refractivity contribution is 8.36. The van der Waals surface area contributed by atoms with Crippen molar-refractivity contribution in [3.63, 3.8) is 0 Å². The van der Waals surface area contributed by atoms with Crippen LogP contribution in [0.4, 0.5) is 4.79 Å². The number of urea groups is 1. The Kier molecular flexibility index (Phi) is 7.89. The number of sulfone groups is 1. The van der Waals surface area contributed by atoms with E-state index in [2.05, 4.69) is 36.8 Å². The van der Waals surface area contributed by atoms with Gasteiger partial charge in [-0.3, -0.25) is 15.8 Å². The third-order valence-corrected chi connectivity index (χ3v) is 10.4. The van der Waals surface area contributed by atoms with E-state index in [1.165, 1.54) is 11.8 Å². The van der Waals surface area contributed by atoms with E-state index in [1.807, 2.05) is 32.1 Å². The van der Waals surface area contributed by atoms with Gasteiger partial charge in [0.1, 0.15) is 16.7 Å². The van der Waals surface area contributed by atoms with E-state index in [9.17, 15) is 13.2 Å². The van der Waals surface area contributed by atoms with Crippen molar-refractivity contribution in [2.45, 2.75) is 56.1 Å². The van der Waals surface area contributed by atoms with E-state index < -0.39 is 20.8 Å². The van der Waals surface area contributed by atoms with Gasteiger partial charge in [0.2, 0.25) is 9.84 Å². The first-order valence-corrected chi connectivity index (χ1v) is 14.4. The number of nitrogens with two attached hydrogens (primary N) is 1. The van der Waals surface area contributed by atoms with E-state index in [4.69, 9.17) is 5.73 Å². The van der Waals surface area contributed by atoms with Crippen molar-refractivity contribution >= 4 is 37.8 Å². The smallest absolute Gasteiger partial charge is 0.315 e. The Balaban J connectivity index is 1.42. The molecule has 0 aromatic rings. The highest BCUT2D eigenvalue weighted by Gasteiger charge is 2.60. The van der Waals surface area contributed by atoms with Crippen LogP contribution < -0.4 is 32.5 Å². The molecule has 13 heteroatoms. The number of carbonyl (C=O) groups is 1. The predicted molar refractivity (Wildman–Crippen MR) is 141 cm³/mol. The van der Waals surface area contributed by atoms with Gasteiger partial charge < -0.3 is 21.7 Å². The van der Waals surface area contributed by atoms with E-state index in [-0.39, 0.29) is 28.3 Å². The Bertz CT molecular complexity index is 1090. The zero-order valence-electron chi connectivity index (χ0n) is 20.0. The number of nitrogens with one attached hydrogen (secondary N) is 5. The number of thioether (sulfide) groups is 1. The van der Waals surface area contributed by atoms with Gasteiger partial charge in [0.15, 0.2) is 4.38 Å². The number of nitrogens with zero attached hydrogens (tertiary/aromatic N) is 2. The first-order chi connectivity index (χ1) is 16.7. The number of amides is 2. The van der Waals surface area contributed by atoms with Crippen LogP contribution in [0.2, 0.25) is 0 Å². The fourth-order valence-corrected chi connectivity index (χ4v) is 7.90. The van der Waals surface area contributed by atoms with Crippen molar-refractivity contribution in [3.05, 3.63) is 35.6 Å². The van der Waals surface area contributed by atoms with Crippen molar-refractivity contribution < 1.29 is 13.2 Å². The monoisotopic (exact) mass is 522 g/mol. The van der Waals surface area contributed by atoms with Gasteiger partial charge in [-0.25, -0.2) is 18.2 Å². The van der Waals surface area contributed by atoms with Crippen molar-refractivity contribution in [1.82, 2.24) is 26.8 Å². The van der Waals surface area contributed by atoms with Crippen molar-refractivity contribution in [2.75, 3.05) is 25.4 Å². The summed E-state index contributed by atoms with van der Waals surface area (Å²) in [6.07, 6.45) is 8.66. The normalized spacial score (nSPS) is 26.7. The lowest BCUT2D eigenvalue weighted by Gasteiger charge is -2.28. The Hall–Kier alpha value is -2.35. The number of aliphatic imine (C=N–C) groups is 2. The fraction of sp³-hybridized carbons (Fsp3) is 0.591. The summed E-state index contributed by atoms with van der Waals surface area (Å²) in [6, 6.07) is -0.191. The molecular formula is C22H34N8O3S2. The summed E-state index contributed by atoms with van der Waals surface area (Å²) in [4.78, 5) is 20.9. The first-order valence-electron chi connectivity index (χ1n) is 11.9. The molecule has 4 aliphatic rings. The number of amidine groups is 1. The van der Waals surface area contributed by atoms with Crippen LogP contribution in [-0.2, 0) is 9.84 Å². The summed E-state index contributed by atoms with van der Waals surface area (Å²) >= 11 is 1.31. The Morgan fingerprint density at radius 3 is 2.69 bits per heavy atom. The summed E-state index contributed by atoms with van der Waals surface area (Å²) in [5, 5.41) is 9.02. The summed E-state index contributed by atoms with van der Waals surface area (Å²) < 4.78 is 26.1. The Morgan fingerprint density at radius 2 is 2.06 bits per heavy atom. The molecule has 35 heavy (non-hydrogen) atoms. The summed E-state index contributed by atoms with van der Waals surface area (Å²) in [5.41, 5.74) is 13.5. The maximum Gasteiger partial charge on any atom is 0.315 e. The van der Waals surface area contributed by atoms with Crippen LogP contribution in [0, 0.1) is 0 Å². The number of hydrazine groups is 1. The second-order valence-electron chi connectivity index (χ2n) is 9.04. The van der Waals surface area contributed by atoms with Crippen molar-refractivity contribution in [2.24, 2.45) is 15.7 Å². The molecule has 0 aromatic heterocycles. The third kappa shape index (κ3) is 5.74. The van der Waals surface area contributed by atoms with Gasteiger partial charge in [-0.15, -0.1) is 0 Å². The van der Waals surface area contributed by atoms with Gasteiger partial charge in [0.25, 0.3) is 0 Å². The standard InChI is InChI=1S/C22H34N8O3S2/c1-3-5-15(6-4-9-24-20(31)28-16-11-25-26-12-16)19-29-17(10-18(23)30-19)22(7-8-22)35(32,33)21-27-14(2)13-34-21/h4-6,10,14,16,19,25-26,29H,3,7-9,11-13H2,1-2H3,(H2,23,30)(H2,24,28,31)/b6-4-,15-5+/t14?,19-/m0/s1. The fourth-order valence-electron chi connectivity index (χ4n) is 4.19. The van der Waals surface area contributed by atoms with Gasteiger partial charge in [-0.1, -0.05) is 36.9 Å². The third-order valence-electron chi connectivity index (χ3n) is 6.18. The molecule has 2 amide bonds. The van der Waals surface area contributed by atoms with Gasteiger partial charge in [0, 0.05) is 37.2 Å². The molecule has 0 radical (unpaired) electrons. The van der Waals surface area contributed by atoms with Crippen LogP contribution in [0.3, 0.4) is 0 Å². The van der Waals surface area contributed by atoms with Crippen LogP contribution in [0.25, 0.3) is 0 Å². The van der Waals surface area contributed by atoms with Gasteiger partial charge in [-0.05, 0) is 31.8 Å². The lowest BCUT2D eigenvalue weighted by molar-refractivity contribution is 0.239. The van der Waals surface area contributed by atoms with Gasteiger partial charge >= 0.3 is 6.03 Å². The van der Waals surface area contributed by atoms with Crippen LogP contribution in [0.1, 0.15) is 33.1 Å². The molecule has 2 fully saturated rings. The van der Waals surface area contributed by atoms with E-state index >= 15 is 0 Å². The van der Waals surface area contributed by atoms with Crippen LogP contribution >= 0.6 is 11.8 Å². The second-order valence-corrected chi connectivity index (χ2v) is 12.5.